The van der Waals surface area contributed by atoms with Gasteiger partial charge in [0.1, 0.15) is 0 Å². The van der Waals surface area contributed by atoms with Gasteiger partial charge < -0.3 is 9.97 Å². The molecule has 2 aromatic carbocycles. The summed E-state index contributed by atoms with van der Waals surface area (Å²) in [4.78, 5) is 30.8. The Morgan fingerprint density at radius 1 is 0.774 bits per heavy atom. The Morgan fingerprint density at radius 2 is 1.23 bits per heavy atom. The van der Waals surface area contributed by atoms with Crippen LogP contribution in [0.5, 0.6) is 0 Å². The number of rotatable bonds is 6. The van der Waals surface area contributed by atoms with Crippen molar-refractivity contribution >= 4 is 46.0 Å². The van der Waals surface area contributed by atoms with Crippen LogP contribution in [0.25, 0.3) is 21.8 Å². The molecular weight excluding hydrogens is 392 g/mol. The van der Waals surface area contributed by atoms with Crippen molar-refractivity contribution in [2.24, 2.45) is 22.0 Å². The first-order valence-electron chi connectivity index (χ1n) is 9.99. The zero-order valence-corrected chi connectivity index (χ0v) is 16.5. The van der Waals surface area contributed by atoms with Crippen molar-refractivity contribution in [1.29, 1.82) is 0 Å². The third kappa shape index (κ3) is 3.83. The first-order valence-corrected chi connectivity index (χ1v) is 9.99. The lowest BCUT2D eigenvalue weighted by atomic mass is 10.2. The molecule has 31 heavy (non-hydrogen) atoms. The molecule has 0 aliphatic heterocycles. The largest absolute Gasteiger partial charge is 0.361 e. The molecule has 5 rings (SSSR count). The summed E-state index contributed by atoms with van der Waals surface area (Å²) in [6, 6.07) is 15.7. The van der Waals surface area contributed by atoms with Crippen LogP contribution in [0.3, 0.4) is 0 Å². The highest BCUT2D eigenvalue weighted by Crippen LogP contribution is 2.38. The van der Waals surface area contributed by atoms with Crippen LogP contribution in [-0.4, -0.2) is 34.2 Å². The fourth-order valence-corrected chi connectivity index (χ4v) is 3.67. The van der Waals surface area contributed by atoms with Crippen LogP contribution >= 0.6 is 0 Å². The van der Waals surface area contributed by atoms with Crippen molar-refractivity contribution in [3.63, 3.8) is 0 Å². The summed E-state index contributed by atoms with van der Waals surface area (Å²) in [5, 5.41) is 10.1. The fourth-order valence-electron chi connectivity index (χ4n) is 3.67. The molecule has 2 heterocycles. The van der Waals surface area contributed by atoms with Gasteiger partial charge in [0.25, 0.3) is 0 Å². The summed E-state index contributed by atoms with van der Waals surface area (Å²) in [6.45, 7) is 0. The number of hydrazone groups is 2. The summed E-state index contributed by atoms with van der Waals surface area (Å²) in [7, 11) is 0. The van der Waals surface area contributed by atoms with Gasteiger partial charge in [-0.2, -0.15) is 10.2 Å². The van der Waals surface area contributed by atoms with E-state index in [0.717, 1.165) is 32.9 Å². The quantitative estimate of drug-likeness (QED) is 0.288. The number of amides is 2. The van der Waals surface area contributed by atoms with Crippen molar-refractivity contribution in [3.05, 3.63) is 72.1 Å². The first-order chi connectivity index (χ1) is 15.2. The molecular formula is C23H20N6O2. The number of aromatic amines is 2. The van der Waals surface area contributed by atoms with E-state index in [4.69, 9.17) is 0 Å². The van der Waals surface area contributed by atoms with Crippen LogP contribution in [0.2, 0.25) is 0 Å². The van der Waals surface area contributed by atoms with Gasteiger partial charge in [-0.15, -0.1) is 0 Å². The standard InChI is InChI=1S/C23H20N6O2/c30-22(28-26-12-14-10-24-20-7-3-1-5-16(14)20)18-9-19(18)23(31)29-27-13-15-11-25-21-8-4-2-6-17(15)21/h1-8,10-13,18-19,24-25H,9H2,(H,28,30)(H,29,31). The molecule has 2 atom stereocenters. The molecule has 1 fully saturated rings. The topological polar surface area (TPSA) is 114 Å². The number of hydrogen-bond donors (Lipinski definition) is 4. The second kappa shape index (κ2) is 7.91. The van der Waals surface area contributed by atoms with Crippen molar-refractivity contribution in [2.45, 2.75) is 6.42 Å². The molecule has 0 bridgehead atoms. The number of carbonyl (C=O) groups is 2. The lowest BCUT2D eigenvalue weighted by molar-refractivity contribution is -0.127. The van der Waals surface area contributed by atoms with Crippen molar-refractivity contribution < 1.29 is 9.59 Å². The molecule has 8 heteroatoms. The molecule has 2 amide bonds. The number of hydrogen-bond acceptors (Lipinski definition) is 4. The summed E-state index contributed by atoms with van der Waals surface area (Å²) in [5.41, 5.74) is 8.82. The zero-order chi connectivity index (χ0) is 21.2. The van der Waals surface area contributed by atoms with Gasteiger partial charge in [0.2, 0.25) is 11.8 Å². The Hall–Kier alpha value is -4.20. The minimum atomic E-state index is -0.386. The van der Waals surface area contributed by atoms with E-state index in [1.807, 2.05) is 60.9 Å². The van der Waals surface area contributed by atoms with Crippen molar-refractivity contribution in [2.75, 3.05) is 0 Å². The van der Waals surface area contributed by atoms with Crippen LogP contribution in [0, 0.1) is 11.8 Å². The van der Waals surface area contributed by atoms with Gasteiger partial charge in [-0.05, 0) is 18.6 Å². The lowest BCUT2D eigenvalue weighted by Crippen LogP contribution is -2.25. The summed E-state index contributed by atoms with van der Waals surface area (Å²) in [6.07, 6.45) is 7.35. The first kappa shape index (κ1) is 18.8. The molecule has 8 nitrogen and oxygen atoms in total. The normalized spacial score (nSPS) is 18.2. The van der Waals surface area contributed by atoms with Gasteiger partial charge in [-0.3, -0.25) is 9.59 Å². The number of carbonyl (C=O) groups excluding carboxylic acids is 2. The molecule has 1 aliphatic rings. The van der Waals surface area contributed by atoms with Gasteiger partial charge in [-0.25, -0.2) is 10.9 Å². The van der Waals surface area contributed by atoms with Crippen LogP contribution in [0.1, 0.15) is 17.5 Å². The lowest BCUT2D eigenvalue weighted by Gasteiger charge is -1.99. The second-order valence-corrected chi connectivity index (χ2v) is 7.50. The van der Waals surface area contributed by atoms with Crippen molar-refractivity contribution in [1.82, 2.24) is 20.8 Å². The van der Waals surface area contributed by atoms with Crippen LogP contribution in [0.15, 0.2) is 71.1 Å². The van der Waals surface area contributed by atoms with Gasteiger partial charge in [0.15, 0.2) is 0 Å². The third-order valence-corrected chi connectivity index (χ3v) is 5.46. The van der Waals surface area contributed by atoms with Gasteiger partial charge >= 0.3 is 0 Å². The maximum absolute atomic E-state index is 12.3. The van der Waals surface area contributed by atoms with Crippen LogP contribution in [-0.2, 0) is 9.59 Å². The highest BCUT2D eigenvalue weighted by atomic mass is 16.2. The zero-order valence-electron chi connectivity index (χ0n) is 16.5. The SMILES string of the molecule is O=C(NN=Cc1c[nH]c2ccccc12)C1CC1C(=O)NN=Cc1c[nH]c2ccccc12. The minimum absolute atomic E-state index is 0.267. The fraction of sp³-hybridized carbons (Fsp3) is 0.130. The molecule has 0 spiro atoms. The van der Waals surface area contributed by atoms with Crippen LogP contribution < -0.4 is 10.9 Å². The van der Waals surface area contributed by atoms with E-state index in [1.54, 1.807) is 12.4 Å². The molecule has 4 aromatic rings. The molecule has 1 saturated carbocycles. The third-order valence-electron chi connectivity index (χ3n) is 5.46. The van der Waals surface area contributed by atoms with E-state index in [9.17, 15) is 9.59 Å². The van der Waals surface area contributed by atoms with Crippen LogP contribution in [0.4, 0.5) is 0 Å². The Morgan fingerprint density at radius 3 is 1.71 bits per heavy atom. The number of aromatic nitrogens is 2. The number of nitrogens with zero attached hydrogens (tertiary/aromatic N) is 2. The van der Waals surface area contributed by atoms with E-state index in [2.05, 4.69) is 31.0 Å². The number of fused-ring (bicyclic) bond motifs is 2. The predicted molar refractivity (Wildman–Crippen MR) is 120 cm³/mol. The van der Waals surface area contributed by atoms with E-state index in [-0.39, 0.29) is 23.7 Å². The van der Waals surface area contributed by atoms with E-state index in [1.165, 1.54) is 0 Å². The van der Waals surface area contributed by atoms with Crippen molar-refractivity contribution in [3.8, 4) is 0 Å². The Bertz CT molecular complexity index is 1230. The van der Waals surface area contributed by atoms with E-state index < -0.39 is 0 Å². The molecule has 2 unspecified atom stereocenters. The molecule has 1 aliphatic carbocycles. The number of para-hydroxylation sites is 2. The predicted octanol–water partition coefficient (Wildman–Crippen LogP) is 2.89. The van der Waals surface area contributed by atoms with E-state index in [0.29, 0.717) is 6.42 Å². The highest BCUT2D eigenvalue weighted by Gasteiger charge is 2.48. The molecule has 0 saturated heterocycles. The molecule has 154 valence electrons. The molecule has 4 N–H and O–H groups in total. The average Bonchev–Trinajstić information content (AvgIpc) is 3.35. The summed E-state index contributed by atoms with van der Waals surface area (Å²) >= 11 is 0. The smallest absolute Gasteiger partial charge is 0.244 e. The number of H-pyrrole nitrogens is 2. The number of benzene rings is 2. The van der Waals surface area contributed by atoms with Gasteiger partial charge in [0, 0.05) is 45.3 Å². The maximum Gasteiger partial charge on any atom is 0.244 e. The Balaban J connectivity index is 1.13. The van der Waals surface area contributed by atoms with Gasteiger partial charge in [-0.1, -0.05) is 36.4 Å². The Kier molecular flexibility index (Phi) is 4.80. The summed E-state index contributed by atoms with van der Waals surface area (Å²) in [5.74, 6) is -1.31. The molecule has 0 radical (unpaired) electrons. The maximum atomic E-state index is 12.3. The minimum Gasteiger partial charge on any atom is -0.361 e. The highest BCUT2D eigenvalue weighted by molar-refractivity contribution is 6.00. The van der Waals surface area contributed by atoms with Gasteiger partial charge in [0.05, 0.1) is 24.3 Å². The average molecular weight is 412 g/mol. The summed E-state index contributed by atoms with van der Waals surface area (Å²) < 4.78 is 0. The monoisotopic (exact) mass is 412 g/mol. The number of nitrogens with one attached hydrogen (secondary N) is 4. The van der Waals surface area contributed by atoms with E-state index >= 15 is 0 Å². The second-order valence-electron chi connectivity index (χ2n) is 7.50. The molecule has 2 aromatic heterocycles. The Labute approximate surface area is 177 Å².